The van der Waals surface area contributed by atoms with Crippen LogP contribution in [0.5, 0.6) is 5.75 Å². The second-order valence-electron chi connectivity index (χ2n) is 5.64. The lowest BCUT2D eigenvalue weighted by Crippen LogP contribution is -2.46. The Balaban J connectivity index is 2.47. The predicted molar refractivity (Wildman–Crippen MR) is 88.3 cm³/mol. The molecule has 0 saturated carbocycles. The highest BCUT2D eigenvalue weighted by Gasteiger charge is 2.22. The average Bonchev–Trinajstić information content (AvgIpc) is 2.57. The fourth-order valence-corrected chi connectivity index (χ4v) is 2.24. The topological polar surface area (TPSA) is 70.6 Å². The summed E-state index contributed by atoms with van der Waals surface area (Å²) in [6.45, 7) is 6.62. The lowest BCUT2D eigenvalue weighted by molar-refractivity contribution is 0.0349. The number of para-hydroxylation sites is 1. The van der Waals surface area contributed by atoms with Gasteiger partial charge in [-0.2, -0.15) is 0 Å². The van der Waals surface area contributed by atoms with E-state index in [0.29, 0.717) is 19.4 Å². The normalized spacial score (nSPS) is 12.6. The van der Waals surface area contributed by atoms with E-state index in [9.17, 15) is 9.90 Å². The van der Waals surface area contributed by atoms with Crippen LogP contribution >= 0.6 is 0 Å². The molecule has 0 aromatic heterocycles. The third-order valence-electron chi connectivity index (χ3n) is 4.13. The van der Waals surface area contributed by atoms with Crippen molar-refractivity contribution in [3.8, 4) is 5.75 Å². The number of benzene rings is 1. The fraction of sp³-hybridized carbons (Fsp3) is 0.588. The quantitative estimate of drug-likeness (QED) is 0.691. The molecule has 1 atom stereocenters. The maximum atomic E-state index is 11.8. The van der Waals surface area contributed by atoms with Gasteiger partial charge in [-0.15, -0.1) is 0 Å². The Labute approximate surface area is 133 Å². The molecule has 124 valence electrons. The van der Waals surface area contributed by atoms with Crippen LogP contribution in [0.25, 0.3) is 0 Å². The Morgan fingerprint density at radius 1 is 1.27 bits per heavy atom. The largest absolute Gasteiger partial charge is 0.496 e. The predicted octanol–water partition coefficient (Wildman–Crippen LogP) is 2.65. The van der Waals surface area contributed by atoms with E-state index in [0.717, 1.165) is 11.3 Å². The first-order chi connectivity index (χ1) is 10.5. The number of rotatable bonds is 8. The van der Waals surface area contributed by atoms with Gasteiger partial charge in [-0.05, 0) is 24.5 Å². The molecule has 0 aliphatic heterocycles. The Kier molecular flexibility index (Phi) is 7.18. The van der Waals surface area contributed by atoms with Crippen LogP contribution in [0.2, 0.25) is 0 Å². The van der Waals surface area contributed by atoms with Gasteiger partial charge in [0.15, 0.2) is 0 Å². The number of methoxy groups -OCH3 is 1. The molecule has 0 heterocycles. The molecule has 1 rings (SSSR count). The molecule has 0 bridgehead atoms. The second-order valence-corrected chi connectivity index (χ2v) is 5.64. The molecular formula is C17H28N2O3. The standard InChI is InChI=1S/C17H28N2O3/c1-5-17(21,6-2)12-19-16(20)18-11-13(3)14-9-7-8-10-15(14)22-4/h7-10,13,21H,5-6,11-12H2,1-4H3,(H2,18,19,20). The van der Waals surface area contributed by atoms with Gasteiger partial charge in [0.25, 0.3) is 0 Å². The first kappa shape index (κ1) is 18.3. The smallest absolute Gasteiger partial charge is 0.314 e. The second kappa shape index (κ2) is 8.63. The zero-order valence-corrected chi connectivity index (χ0v) is 14.0. The van der Waals surface area contributed by atoms with Crippen LogP contribution in [-0.4, -0.2) is 36.9 Å². The molecule has 0 aliphatic carbocycles. The number of amides is 2. The van der Waals surface area contributed by atoms with E-state index in [1.54, 1.807) is 7.11 Å². The van der Waals surface area contributed by atoms with E-state index in [1.165, 1.54) is 0 Å². The summed E-state index contributed by atoms with van der Waals surface area (Å²) < 4.78 is 5.33. The first-order valence-corrected chi connectivity index (χ1v) is 7.82. The van der Waals surface area contributed by atoms with E-state index < -0.39 is 5.60 Å². The Bertz CT molecular complexity index is 473. The molecule has 0 radical (unpaired) electrons. The minimum absolute atomic E-state index is 0.137. The van der Waals surface area contributed by atoms with Crippen molar-refractivity contribution in [2.24, 2.45) is 0 Å². The molecule has 0 spiro atoms. The van der Waals surface area contributed by atoms with Crippen molar-refractivity contribution in [2.45, 2.75) is 45.1 Å². The van der Waals surface area contributed by atoms with Gasteiger partial charge in [-0.1, -0.05) is 39.0 Å². The number of aliphatic hydroxyl groups is 1. The molecule has 22 heavy (non-hydrogen) atoms. The van der Waals surface area contributed by atoms with Gasteiger partial charge in [0, 0.05) is 19.0 Å². The average molecular weight is 308 g/mol. The highest BCUT2D eigenvalue weighted by molar-refractivity contribution is 5.74. The number of carbonyl (C=O) groups is 1. The van der Waals surface area contributed by atoms with Crippen LogP contribution in [0.3, 0.4) is 0 Å². The molecule has 0 saturated heterocycles. The van der Waals surface area contributed by atoms with Crippen LogP contribution in [0.4, 0.5) is 4.79 Å². The summed E-state index contributed by atoms with van der Waals surface area (Å²) in [6, 6.07) is 7.52. The molecule has 5 nitrogen and oxygen atoms in total. The Morgan fingerprint density at radius 2 is 1.91 bits per heavy atom. The molecule has 1 unspecified atom stereocenters. The summed E-state index contributed by atoms with van der Waals surface area (Å²) in [5.41, 5.74) is 0.231. The Morgan fingerprint density at radius 3 is 2.50 bits per heavy atom. The lowest BCUT2D eigenvalue weighted by atomic mass is 9.98. The highest BCUT2D eigenvalue weighted by Crippen LogP contribution is 2.25. The summed E-state index contributed by atoms with van der Waals surface area (Å²) in [6.07, 6.45) is 1.22. The number of carbonyl (C=O) groups excluding carboxylic acids is 1. The number of hydrogen-bond acceptors (Lipinski definition) is 3. The minimum atomic E-state index is -0.828. The maximum Gasteiger partial charge on any atom is 0.314 e. The van der Waals surface area contributed by atoms with E-state index in [2.05, 4.69) is 10.6 Å². The zero-order chi connectivity index (χ0) is 16.6. The van der Waals surface area contributed by atoms with Crippen molar-refractivity contribution in [3.63, 3.8) is 0 Å². The number of ether oxygens (including phenoxy) is 1. The van der Waals surface area contributed by atoms with Crippen molar-refractivity contribution in [1.82, 2.24) is 10.6 Å². The van der Waals surface area contributed by atoms with Gasteiger partial charge in [0.05, 0.1) is 12.7 Å². The van der Waals surface area contributed by atoms with Crippen LogP contribution in [0.15, 0.2) is 24.3 Å². The van der Waals surface area contributed by atoms with Crippen LogP contribution < -0.4 is 15.4 Å². The highest BCUT2D eigenvalue weighted by atomic mass is 16.5. The van der Waals surface area contributed by atoms with Crippen molar-refractivity contribution < 1.29 is 14.6 Å². The van der Waals surface area contributed by atoms with E-state index >= 15 is 0 Å². The third kappa shape index (κ3) is 5.22. The molecule has 2 amide bonds. The van der Waals surface area contributed by atoms with Crippen molar-refractivity contribution in [3.05, 3.63) is 29.8 Å². The van der Waals surface area contributed by atoms with Crippen LogP contribution in [0, 0.1) is 0 Å². The molecule has 1 aromatic carbocycles. The summed E-state index contributed by atoms with van der Waals surface area (Å²) in [4.78, 5) is 11.8. The summed E-state index contributed by atoms with van der Waals surface area (Å²) in [5, 5.41) is 15.7. The first-order valence-electron chi connectivity index (χ1n) is 7.82. The number of hydrogen-bond donors (Lipinski definition) is 3. The van der Waals surface area contributed by atoms with Gasteiger partial charge in [0.2, 0.25) is 0 Å². The van der Waals surface area contributed by atoms with Crippen molar-refractivity contribution >= 4 is 6.03 Å². The van der Waals surface area contributed by atoms with E-state index in [4.69, 9.17) is 4.74 Å². The zero-order valence-electron chi connectivity index (χ0n) is 14.0. The molecule has 3 N–H and O–H groups in total. The van der Waals surface area contributed by atoms with Gasteiger partial charge < -0.3 is 20.5 Å². The Hall–Kier alpha value is -1.75. The summed E-state index contributed by atoms with van der Waals surface area (Å²) in [5.74, 6) is 0.960. The number of urea groups is 1. The molecule has 1 aromatic rings. The van der Waals surface area contributed by atoms with Gasteiger partial charge in [-0.25, -0.2) is 4.79 Å². The van der Waals surface area contributed by atoms with Crippen molar-refractivity contribution in [2.75, 3.05) is 20.2 Å². The third-order valence-corrected chi connectivity index (χ3v) is 4.13. The molecule has 0 fully saturated rings. The molecule has 0 aliphatic rings. The van der Waals surface area contributed by atoms with Gasteiger partial charge in [0.1, 0.15) is 5.75 Å². The lowest BCUT2D eigenvalue weighted by Gasteiger charge is -2.25. The monoisotopic (exact) mass is 308 g/mol. The van der Waals surface area contributed by atoms with Gasteiger partial charge in [-0.3, -0.25) is 0 Å². The van der Waals surface area contributed by atoms with E-state index in [-0.39, 0.29) is 18.5 Å². The molecule has 5 heteroatoms. The van der Waals surface area contributed by atoms with Crippen LogP contribution in [-0.2, 0) is 0 Å². The SMILES string of the molecule is CCC(O)(CC)CNC(=O)NCC(C)c1ccccc1OC. The van der Waals surface area contributed by atoms with Crippen molar-refractivity contribution in [1.29, 1.82) is 0 Å². The summed E-state index contributed by atoms with van der Waals surface area (Å²) >= 11 is 0. The number of nitrogens with one attached hydrogen (secondary N) is 2. The van der Waals surface area contributed by atoms with Gasteiger partial charge >= 0.3 is 6.03 Å². The molecular weight excluding hydrogens is 280 g/mol. The fourth-order valence-electron chi connectivity index (χ4n) is 2.24. The van der Waals surface area contributed by atoms with Crippen LogP contribution in [0.1, 0.15) is 45.1 Å². The van der Waals surface area contributed by atoms with E-state index in [1.807, 2.05) is 45.0 Å². The summed E-state index contributed by atoms with van der Waals surface area (Å²) in [7, 11) is 1.64. The maximum absolute atomic E-state index is 11.8. The minimum Gasteiger partial charge on any atom is -0.496 e.